The number of esters is 1. The number of benzene rings is 1. The van der Waals surface area contributed by atoms with Crippen molar-refractivity contribution >= 4 is 23.1 Å². The van der Waals surface area contributed by atoms with Crippen molar-refractivity contribution in [2.45, 2.75) is 77.2 Å². The van der Waals surface area contributed by atoms with Gasteiger partial charge in [-0.1, -0.05) is 0 Å². The Hall–Kier alpha value is -2.75. The number of rotatable bonds is 2. The molecule has 8 nitrogen and oxygen atoms in total. The second-order valence-corrected chi connectivity index (χ2v) is 10.1. The Morgan fingerprint density at radius 1 is 1.16 bits per heavy atom. The molecule has 0 radical (unpaired) electrons. The first-order valence-electron chi connectivity index (χ1n) is 10.5. The van der Waals surface area contributed by atoms with Crippen LogP contribution in [0.3, 0.4) is 0 Å². The average molecular weight is 453 g/mol. The molecule has 0 spiro atoms. The molecule has 32 heavy (non-hydrogen) atoms. The third-order valence-electron chi connectivity index (χ3n) is 5.16. The predicted molar refractivity (Wildman–Crippen MR) is 114 cm³/mol. The van der Waals surface area contributed by atoms with Crippen molar-refractivity contribution in [3.8, 4) is 0 Å². The van der Waals surface area contributed by atoms with Gasteiger partial charge in [-0.3, -0.25) is 9.69 Å². The molecule has 0 bridgehead atoms. The van der Waals surface area contributed by atoms with Gasteiger partial charge >= 0.3 is 12.1 Å². The SMILES string of the molecule is CC(C)(C)OC(=O)N1CCC(C(=O)OC(C)(C)C)(c2nc3ccc(F)c(F)c3[nH]2)CC1N. The number of likely N-dealkylation sites (tertiary alicyclic amines) is 1. The lowest BCUT2D eigenvalue weighted by Crippen LogP contribution is -2.59. The van der Waals surface area contributed by atoms with E-state index in [0.29, 0.717) is 0 Å². The number of hydrogen-bond acceptors (Lipinski definition) is 6. The Kier molecular flexibility index (Phi) is 5.97. The number of H-pyrrole nitrogens is 1. The van der Waals surface area contributed by atoms with Gasteiger partial charge in [0, 0.05) is 13.0 Å². The van der Waals surface area contributed by atoms with E-state index in [0.717, 1.165) is 6.07 Å². The van der Waals surface area contributed by atoms with E-state index in [4.69, 9.17) is 15.2 Å². The molecule has 3 N–H and O–H groups in total. The number of nitrogens with one attached hydrogen (secondary N) is 1. The lowest BCUT2D eigenvalue weighted by atomic mass is 9.76. The number of piperidine rings is 1. The summed E-state index contributed by atoms with van der Waals surface area (Å²) in [6.45, 7) is 10.5. The highest BCUT2D eigenvalue weighted by molar-refractivity contribution is 5.85. The van der Waals surface area contributed by atoms with Crippen LogP contribution in [-0.4, -0.2) is 50.8 Å². The minimum atomic E-state index is -1.38. The number of hydrogen-bond donors (Lipinski definition) is 2. The fourth-order valence-corrected chi connectivity index (χ4v) is 3.71. The van der Waals surface area contributed by atoms with Gasteiger partial charge < -0.3 is 20.2 Å². The van der Waals surface area contributed by atoms with Crippen LogP contribution < -0.4 is 5.73 Å². The standard InChI is InChI=1S/C22H30F2N4O4/c1-20(2,3)31-18(29)22(17-26-13-8-7-12(23)15(24)16(13)27-17)9-10-28(14(25)11-22)19(30)32-21(4,5)6/h7-8,14H,9-11,25H2,1-6H3,(H,26,27). The number of carbonyl (C=O) groups is 2. The van der Waals surface area contributed by atoms with E-state index >= 15 is 0 Å². The zero-order valence-corrected chi connectivity index (χ0v) is 19.2. The van der Waals surface area contributed by atoms with E-state index < -0.39 is 46.5 Å². The highest BCUT2D eigenvalue weighted by Crippen LogP contribution is 2.39. The van der Waals surface area contributed by atoms with Gasteiger partial charge in [-0.25, -0.2) is 18.6 Å². The normalized spacial score (nSPS) is 22.2. The van der Waals surface area contributed by atoms with E-state index in [9.17, 15) is 18.4 Å². The minimum absolute atomic E-state index is 0.0366. The molecule has 0 saturated carbocycles. The van der Waals surface area contributed by atoms with Gasteiger partial charge in [0.05, 0.1) is 11.7 Å². The van der Waals surface area contributed by atoms with E-state index in [1.807, 2.05) is 0 Å². The quantitative estimate of drug-likeness (QED) is 0.672. The summed E-state index contributed by atoms with van der Waals surface area (Å²) in [4.78, 5) is 34.4. The molecule has 10 heteroatoms. The first-order chi connectivity index (χ1) is 14.6. The molecular formula is C22H30F2N4O4. The fourth-order valence-electron chi connectivity index (χ4n) is 3.71. The molecule has 2 atom stereocenters. The zero-order valence-electron chi connectivity index (χ0n) is 19.2. The van der Waals surface area contributed by atoms with Crippen LogP contribution in [0.4, 0.5) is 13.6 Å². The number of nitrogens with two attached hydrogens (primary N) is 1. The van der Waals surface area contributed by atoms with Crippen LogP contribution in [0, 0.1) is 11.6 Å². The van der Waals surface area contributed by atoms with Crippen molar-refractivity contribution in [3.63, 3.8) is 0 Å². The first kappa shape index (κ1) is 23.9. The van der Waals surface area contributed by atoms with Crippen molar-refractivity contribution < 1.29 is 27.8 Å². The van der Waals surface area contributed by atoms with Crippen LogP contribution in [0.15, 0.2) is 12.1 Å². The molecule has 2 unspecified atom stereocenters. The van der Waals surface area contributed by atoms with Gasteiger partial charge in [0.2, 0.25) is 0 Å². The molecule has 1 aliphatic heterocycles. The topological polar surface area (TPSA) is 111 Å². The maximum Gasteiger partial charge on any atom is 0.411 e. The van der Waals surface area contributed by atoms with Crippen LogP contribution in [0.5, 0.6) is 0 Å². The molecule has 1 amide bonds. The van der Waals surface area contributed by atoms with Crippen molar-refractivity contribution in [1.29, 1.82) is 0 Å². The number of ether oxygens (including phenoxy) is 2. The Balaban J connectivity index is 2.02. The summed E-state index contributed by atoms with van der Waals surface area (Å²) in [5, 5.41) is 0. The number of imidazole rings is 1. The molecule has 3 rings (SSSR count). The third-order valence-corrected chi connectivity index (χ3v) is 5.16. The van der Waals surface area contributed by atoms with Crippen molar-refractivity contribution in [1.82, 2.24) is 14.9 Å². The monoisotopic (exact) mass is 452 g/mol. The maximum atomic E-state index is 14.3. The van der Waals surface area contributed by atoms with Gasteiger partial charge in [0.15, 0.2) is 11.6 Å². The number of fused-ring (bicyclic) bond motifs is 1. The minimum Gasteiger partial charge on any atom is -0.459 e. The van der Waals surface area contributed by atoms with E-state index in [1.54, 1.807) is 41.5 Å². The summed E-state index contributed by atoms with van der Waals surface area (Å²) in [5.74, 6) is -2.61. The molecule has 2 aromatic rings. The van der Waals surface area contributed by atoms with Crippen LogP contribution in [-0.2, 0) is 19.7 Å². The fraction of sp³-hybridized carbons (Fsp3) is 0.591. The average Bonchev–Trinajstić information content (AvgIpc) is 3.07. The zero-order chi connectivity index (χ0) is 24.1. The smallest absolute Gasteiger partial charge is 0.411 e. The molecule has 1 aliphatic rings. The number of amides is 1. The number of aromatic nitrogens is 2. The van der Waals surface area contributed by atoms with E-state index in [2.05, 4.69) is 9.97 Å². The molecular weight excluding hydrogens is 422 g/mol. The molecule has 1 aromatic heterocycles. The Labute approximate surface area is 185 Å². The third kappa shape index (κ3) is 4.69. The Bertz CT molecular complexity index is 1040. The van der Waals surface area contributed by atoms with Gasteiger partial charge in [-0.15, -0.1) is 0 Å². The predicted octanol–water partition coefficient (Wildman–Crippen LogP) is 3.74. The largest absolute Gasteiger partial charge is 0.459 e. The second-order valence-electron chi connectivity index (χ2n) is 10.1. The summed E-state index contributed by atoms with van der Waals surface area (Å²) in [5.41, 5.74) is 3.43. The Morgan fingerprint density at radius 3 is 2.34 bits per heavy atom. The van der Waals surface area contributed by atoms with Crippen LogP contribution in [0.25, 0.3) is 11.0 Å². The number of nitrogens with zero attached hydrogens (tertiary/aromatic N) is 2. The Morgan fingerprint density at radius 2 is 1.78 bits per heavy atom. The van der Waals surface area contributed by atoms with Crippen molar-refractivity contribution in [2.75, 3.05) is 6.54 Å². The molecule has 1 fully saturated rings. The molecule has 1 aromatic carbocycles. The van der Waals surface area contributed by atoms with E-state index in [-0.39, 0.29) is 36.2 Å². The lowest BCUT2D eigenvalue weighted by molar-refractivity contribution is -0.165. The summed E-state index contributed by atoms with van der Waals surface area (Å²) >= 11 is 0. The molecule has 2 heterocycles. The highest BCUT2D eigenvalue weighted by atomic mass is 19.2. The van der Waals surface area contributed by atoms with Gasteiger partial charge in [0.1, 0.15) is 28.0 Å². The van der Waals surface area contributed by atoms with Crippen molar-refractivity contribution in [2.24, 2.45) is 5.73 Å². The number of carbonyl (C=O) groups excluding carboxylic acids is 2. The summed E-state index contributed by atoms with van der Waals surface area (Å²) in [6, 6.07) is 2.30. The van der Waals surface area contributed by atoms with Crippen molar-refractivity contribution in [3.05, 3.63) is 29.6 Å². The molecule has 0 aliphatic carbocycles. The van der Waals surface area contributed by atoms with Gasteiger partial charge in [0.25, 0.3) is 0 Å². The number of aromatic amines is 1. The first-order valence-corrected chi connectivity index (χ1v) is 10.5. The van der Waals surface area contributed by atoms with Crippen LogP contribution >= 0.6 is 0 Å². The second kappa shape index (κ2) is 7.99. The highest BCUT2D eigenvalue weighted by Gasteiger charge is 2.51. The maximum absolute atomic E-state index is 14.3. The van der Waals surface area contributed by atoms with E-state index in [1.165, 1.54) is 11.0 Å². The lowest BCUT2D eigenvalue weighted by Gasteiger charge is -2.43. The van der Waals surface area contributed by atoms with Crippen LogP contribution in [0.1, 0.15) is 60.2 Å². The van der Waals surface area contributed by atoms with Crippen LogP contribution in [0.2, 0.25) is 0 Å². The van der Waals surface area contributed by atoms with Gasteiger partial charge in [-0.2, -0.15) is 0 Å². The molecule has 176 valence electrons. The van der Waals surface area contributed by atoms with Gasteiger partial charge in [-0.05, 0) is 60.1 Å². The molecule has 1 saturated heterocycles. The summed E-state index contributed by atoms with van der Waals surface area (Å²) < 4.78 is 39.1. The number of halogens is 2. The summed E-state index contributed by atoms with van der Waals surface area (Å²) in [6.07, 6.45) is -1.41. The summed E-state index contributed by atoms with van der Waals surface area (Å²) in [7, 11) is 0.